The molecule has 0 spiro atoms. The van der Waals surface area contributed by atoms with Crippen LogP contribution < -0.4 is 10.6 Å². The Hall–Kier alpha value is -3.59. The molecule has 3 aromatic carbocycles. The van der Waals surface area contributed by atoms with Gasteiger partial charge in [0, 0.05) is 23.4 Å². The second-order valence-corrected chi connectivity index (χ2v) is 8.00. The van der Waals surface area contributed by atoms with Crippen molar-refractivity contribution in [2.24, 2.45) is 0 Å². The maximum Gasteiger partial charge on any atom is 0.162 e. The second-order valence-electron chi connectivity index (χ2n) is 8.00. The largest absolute Gasteiger partial charge is 0.342 e. The summed E-state index contributed by atoms with van der Waals surface area (Å²) in [6, 6.07) is 20.3. The standard InChI is InChI=1S/C29H32N2O/c1-7-23-17-18-27(26-12-10-9-11-19(26)3)20(4)29(23)31-22(6)30-21(5)24-13-15-25(16-14-24)28(32)8-2/h9-18,30-31H,5-8H2,1-4H3. The number of rotatable bonds is 9. The predicted molar refractivity (Wildman–Crippen MR) is 137 cm³/mol. The highest BCUT2D eigenvalue weighted by Gasteiger charge is 2.13. The summed E-state index contributed by atoms with van der Waals surface area (Å²) in [5, 5.41) is 6.75. The topological polar surface area (TPSA) is 41.1 Å². The van der Waals surface area contributed by atoms with Crippen molar-refractivity contribution in [3.63, 3.8) is 0 Å². The molecule has 0 amide bonds. The number of hydrogen-bond acceptors (Lipinski definition) is 3. The zero-order valence-corrected chi connectivity index (χ0v) is 19.5. The lowest BCUT2D eigenvalue weighted by Gasteiger charge is -2.21. The third-order valence-electron chi connectivity index (χ3n) is 5.82. The highest BCUT2D eigenvalue weighted by Crippen LogP contribution is 2.34. The summed E-state index contributed by atoms with van der Waals surface area (Å²) in [6.07, 6.45) is 1.42. The molecular weight excluding hydrogens is 392 g/mol. The molecule has 3 rings (SSSR count). The average molecular weight is 425 g/mol. The third kappa shape index (κ3) is 5.00. The first kappa shape index (κ1) is 23.1. The number of aryl methyl sites for hydroxylation is 2. The number of carbonyl (C=O) groups excluding carboxylic acids is 1. The lowest BCUT2D eigenvalue weighted by atomic mass is 9.93. The zero-order valence-electron chi connectivity index (χ0n) is 19.5. The van der Waals surface area contributed by atoms with Crippen molar-refractivity contribution < 1.29 is 4.79 Å². The van der Waals surface area contributed by atoms with Crippen molar-refractivity contribution in [1.82, 2.24) is 5.32 Å². The van der Waals surface area contributed by atoms with E-state index in [9.17, 15) is 4.79 Å². The summed E-state index contributed by atoms with van der Waals surface area (Å²) >= 11 is 0. The quantitative estimate of drug-likeness (QED) is 0.355. The molecule has 0 saturated carbocycles. The van der Waals surface area contributed by atoms with Gasteiger partial charge in [-0.2, -0.15) is 0 Å². The molecule has 0 radical (unpaired) electrons. The molecule has 0 aliphatic carbocycles. The van der Waals surface area contributed by atoms with E-state index >= 15 is 0 Å². The molecule has 164 valence electrons. The normalized spacial score (nSPS) is 10.5. The van der Waals surface area contributed by atoms with Crippen molar-refractivity contribution in [2.45, 2.75) is 40.5 Å². The minimum absolute atomic E-state index is 0.136. The van der Waals surface area contributed by atoms with E-state index in [1.165, 1.54) is 27.8 Å². The Morgan fingerprint density at radius 1 is 0.844 bits per heavy atom. The number of benzene rings is 3. The van der Waals surface area contributed by atoms with Crippen LogP contribution in [0.3, 0.4) is 0 Å². The highest BCUT2D eigenvalue weighted by molar-refractivity contribution is 5.96. The summed E-state index contributed by atoms with van der Waals surface area (Å²) in [4.78, 5) is 11.9. The first-order valence-corrected chi connectivity index (χ1v) is 11.1. The van der Waals surface area contributed by atoms with Crippen LogP contribution in [0.5, 0.6) is 0 Å². The number of ketones is 1. The molecule has 32 heavy (non-hydrogen) atoms. The van der Waals surface area contributed by atoms with Gasteiger partial charge in [-0.1, -0.05) is 87.7 Å². The minimum atomic E-state index is 0.136. The Kier molecular flexibility index (Phi) is 7.32. The van der Waals surface area contributed by atoms with Crippen LogP contribution in [-0.4, -0.2) is 5.78 Å². The number of anilines is 1. The average Bonchev–Trinajstić information content (AvgIpc) is 2.80. The van der Waals surface area contributed by atoms with E-state index in [1.54, 1.807) is 0 Å². The first-order valence-electron chi connectivity index (χ1n) is 11.1. The molecule has 0 aliphatic heterocycles. The van der Waals surface area contributed by atoms with E-state index < -0.39 is 0 Å². The van der Waals surface area contributed by atoms with Crippen LogP contribution in [0, 0.1) is 13.8 Å². The van der Waals surface area contributed by atoms with Gasteiger partial charge in [0.15, 0.2) is 5.78 Å². The summed E-state index contributed by atoms with van der Waals surface area (Å²) in [5.41, 5.74) is 9.56. The Morgan fingerprint density at radius 2 is 1.50 bits per heavy atom. The van der Waals surface area contributed by atoms with Gasteiger partial charge < -0.3 is 10.6 Å². The fourth-order valence-corrected chi connectivity index (χ4v) is 3.90. The fraction of sp³-hybridized carbons (Fsp3) is 0.207. The molecule has 0 bridgehead atoms. The smallest absolute Gasteiger partial charge is 0.162 e. The lowest BCUT2D eigenvalue weighted by molar-refractivity contribution is 0.0988. The van der Waals surface area contributed by atoms with Crippen LogP contribution in [0.2, 0.25) is 0 Å². The van der Waals surface area contributed by atoms with E-state index in [0.717, 1.165) is 28.9 Å². The van der Waals surface area contributed by atoms with Gasteiger partial charge in [0.05, 0.1) is 0 Å². The molecular formula is C29H32N2O. The highest BCUT2D eigenvalue weighted by atomic mass is 16.1. The van der Waals surface area contributed by atoms with Crippen LogP contribution in [-0.2, 0) is 6.42 Å². The summed E-state index contributed by atoms with van der Waals surface area (Å²) in [7, 11) is 0. The Morgan fingerprint density at radius 3 is 2.12 bits per heavy atom. The maximum absolute atomic E-state index is 11.9. The van der Waals surface area contributed by atoms with Gasteiger partial charge in [-0.05, 0) is 53.6 Å². The molecule has 2 N–H and O–H groups in total. The van der Waals surface area contributed by atoms with E-state index in [2.05, 4.69) is 81.0 Å². The van der Waals surface area contributed by atoms with Gasteiger partial charge in [-0.15, -0.1) is 0 Å². The van der Waals surface area contributed by atoms with Crippen LogP contribution in [0.4, 0.5) is 5.69 Å². The third-order valence-corrected chi connectivity index (χ3v) is 5.82. The molecule has 3 aromatic rings. The monoisotopic (exact) mass is 424 g/mol. The molecule has 0 aliphatic rings. The van der Waals surface area contributed by atoms with Crippen molar-refractivity contribution in [3.05, 3.63) is 107 Å². The Bertz CT molecular complexity index is 1160. The van der Waals surface area contributed by atoms with Crippen LogP contribution in [0.25, 0.3) is 16.8 Å². The fourth-order valence-electron chi connectivity index (χ4n) is 3.90. The van der Waals surface area contributed by atoms with Crippen molar-refractivity contribution >= 4 is 17.2 Å². The molecule has 0 fully saturated rings. The van der Waals surface area contributed by atoms with Gasteiger partial charge in [0.1, 0.15) is 5.82 Å². The first-order chi connectivity index (χ1) is 15.3. The van der Waals surface area contributed by atoms with Crippen LogP contribution in [0.15, 0.2) is 79.6 Å². The van der Waals surface area contributed by atoms with Crippen molar-refractivity contribution in [3.8, 4) is 11.1 Å². The lowest BCUT2D eigenvalue weighted by Crippen LogP contribution is -2.18. The molecule has 0 aromatic heterocycles. The van der Waals surface area contributed by atoms with Gasteiger partial charge in [0.25, 0.3) is 0 Å². The molecule has 3 nitrogen and oxygen atoms in total. The van der Waals surface area contributed by atoms with E-state index in [0.29, 0.717) is 12.2 Å². The van der Waals surface area contributed by atoms with Crippen molar-refractivity contribution in [1.29, 1.82) is 0 Å². The number of nitrogens with one attached hydrogen (secondary N) is 2. The van der Waals surface area contributed by atoms with E-state index in [1.807, 2.05) is 31.2 Å². The summed E-state index contributed by atoms with van der Waals surface area (Å²) in [6.45, 7) is 16.6. The minimum Gasteiger partial charge on any atom is -0.342 e. The molecule has 0 heterocycles. The van der Waals surface area contributed by atoms with Gasteiger partial charge >= 0.3 is 0 Å². The number of carbonyl (C=O) groups is 1. The van der Waals surface area contributed by atoms with Gasteiger partial charge in [-0.3, -0.25) is 4.79 Å². The Labute approximate surface area is 191 Å². The molecule has 0 atom stereocenters. The SMILES string of the molecule is C=C(NC(=C)c1ccc(C(=O)CC)cc1)Nc1c(CC)ccc(-c2ccccc2C)c1C. The van der Waals surface area contributed by atoms with E-state index in [4.69, 9.17) is 0 Å². The molecule has 0 saturated heterocycles. The van der Waals surface area contributed by atoms with Crippen molar-refractivity contribution in [2.75, 3.05) is 5.32 Å². The number of hydrogen-bond donors (Lipinski definition) is 2. The van der Waals surface area contributed by atoms with Crippen LogP contribution >= 0.6 is 0 Å². The second kappa shape index (κ2) is 10.1. The molecule has 3 heteroatoms. The van der Waals surface area contributed by atoms with Gasteiger partial charge in [0.2, 0.25) is 0 Å². The Balaban J connectivity index is 1.81. The molecule has 0 unspecified atom stereocenters. The number of Topliss-reactive ketones (excluding diaryl/α,β-unsaturated/α-hetero) is 1. The van der Waals surface area contributed by atoms with Gasteiger partial charge in [-0.25, -0.2) is 0 Å². The predicted octanol–water partition coefficient (Wildman–Crippen LogP) is 7.27. The maximum atomic E-state index is 11.9. The zero-order chi connectivity index (χ0) is 23.3. The summed E-state index contributed by atoms with van der Waals surface area (Å²) < 4.78 is 0. The van der Waals surface area contributed by atoms with E-state index in [-0.39, 0.29) is 5.78 Å². The van der Waals surface area contributed by atoms with Crippen LogP contribution in [0.1, 0.15) is 52.9 Å². The summed E-state index contributed by atoms with van der Waals surface area (Å²) in [5.74, 6) is 0.792.